The number of hydrogen-bond donors (Lipinski definition) is 0. The number of fused-ring (bicyclic) bond motifs is 6. The number of para-hydroxylation sites is 1. The third-order valence-electron chi connectivity index (χ3n) is 10.6. The Morgan fingerprint density at radius 3 is 1.68 bits per heavy atom. The Morgan fingerprint density at radius 2 is 0.875 bits per heavy atom. The highest BCUT2D eigenvalue weighted by Crippen LogP contribution is 2.42. The molecule has 8 aromatic carbocycles. The summed E-state index contributed by atoms with van der Waals surface area (Å²) in [6.07, 6.45) is 0. The molecule has 0 amide bonds. The number of benzene rings is 8. The molecule has 0 N–H and O–H groups in total. The molecule has 0 aliphatic rings. The minimum Gasteiger partial charge on any atom is -0.456 e. The maximum atomic E-state index is 6.22. The van der Waals surface area contributed by atoms with Crippen LogP contribution < -0.4 is 0 Å². The molecule has 3 heterocycles. The predicted octanol–water partition coefficient (Wildman–Crippen LogP) is 14.1. The van der Waals surface area contributed by atoms with E-state index in [0.717, 1.165) is 44.2 Å². The summed E-state index contributed by atoms with van der Waals surface area (Å²) in [6, 6.07) is 65.8. The van der Waals surface area contributed by atoms with Crippen LogP contribution in [0.1, 0.15) is 0 Å². The normalized spacial score (nSPS) is 11.6. The highest BCUT2D eigenvalue weighted by Gasteiger charge is 2.18. The topological polar surface area (TPSA) is 51.8 Å². The molecule has 0 atom stereocenters. The van der Waals surface area contributed by atoms with Crippen LogP contribution in [0.2, 0.25) is 0 Å². The summed E-state index contributed by atoms with van der Waals surface area (Å²) in [5.41, 5.74) is 11.6. The van der Waals surface area contributed by atoms with Gasteiger partial charge in [0.05, 0.1) is 0 Å². The van der Waals surface area contributed by atoms with Gasteiger partial charge in [-0.15, -0.1) is 11.3 Å². The van der Waals surface area contributed by atoms with Crippen molar-refractivity contribution in [1.29, 1.82) is 0 Å². The zero-order valence-electron chi connectivity index (χ0n) is 30.1. The maximum Gasteiger partial charge on any atom is 0.164 e. The summed E-state index contributed by atoms with van der Waals surface area (Å²) in [5, 5.41) is 4.58. The van der Waals surface area contributed by atoms with Crippen LogP contribution in [-0.2, 0) is 0 Å². The lowest BCUT2D eigenvalue weighted by Crippen LogP contribution is -2.00. The third kappa shape index (κ3) is 5.56. The fourth-order valence-corrected chi connectivity index (χ4v) is 9.03. The van der Waals surface area contributed by atoms with Crippen molar-refractivity contribution in [3.8, 4) is 67.5 Å². The molecule has 0 aliphatic heterocycles. The fraction of sp³-hybridized carbons (Fsp3) is 0. The number of hydrogen-bond acceptors (Lipinski definition) is 5. The molecule has 0 fully saturated rings. The number of nitrogens with zero attached hydrogens (tertiary/aromatic N) is 3. The Labute approximate surface area is 327 Å². The van der Waals surface area contributed by atoms with E-state index >= 15 is 0 Å². The third-order valence-corrected chi connectivity index (χ3v) is 11.8. The highest BCUT2D eigenvalue weighted by molar-refractivity contribution is 7.26. The molecule has 11 rings (SSSR count). The summed E-state index contributed by atoms with van der Waals surface area (Å²) in [6.45, 7) is 0. The molecule has 4 nitrogen and oxygen atoms in total. The molecule has 0 saturated heterocycles. The van der Waals surface area contributed by atoms with Crippen molar-refractivity contribution < 1.29 is 4.42 Å². The summed E-state index contributed by atoms with van der Waals surface area (Å²) in [4.78, 5) is 15.2. The molecule has 0 unspecified atom stereocenters. The van der Waals surface area contributed by atoms with E-state index in [1.54, 1.807) is 0 Å². The quantitative estimate of drug-likeness (QED) is 0.171. The summed E-state index contributed by atoms with van der Waals surface area (Å²) in [7, 11) is 0. The lowest BCUT2D eigenvalue weighted by Gasteiger charge is -2.10. The highest BCUT2D eigenvalue weighted by atomic mass is 32.1. The molecule has 0 aliphatic carbocycles. The zero-order chi connectivity index (χ0) is 37.0. The molecular weight excluding hydrogens is 703 g/mol. The number of aromatic nitrogens is 3. The number of furan rings is 1. The Morgan fingerprint density at radius 1 is 0.339 bits per heavy atom. The first-order chi connectivity index (χ1) is 27.7. The lowest BCUT2D eigenvalue weighted by molar-refractivity contribution is 0.669. The van der Waals surface area contributed by atoms with Gasteiger partial charge in [0.15, 0.2) is 17.5 Å². The molecule has 56 heavy (non-hydrogen) atoms. The van der Waals surface area contributed by atoms with E-state index in [4.69, 9.17) is 19.4 Å². The van der Waals surface area contributed by atoms with E-state index in [1.165, 1.54) is 48.0 Å². The van der Waals surface area contributed by atoms with Crippen molar-refractivity contribution in [3.63, 3.8) is 0 Å². The van der Waals surface area contributed by atoms with Crippen LogP contribution in [0.4, 0.5) is 0 Å². The number of thiophene rings is 1. The van der Waals surface area contributed by atoms with Gasteiger partial charge in [0.1, 0.15) is 11.2 Å². The van der Waals surface area contributed by atoms with Crippen LogP contribution in [0.5, 0.6) is 0 Å². The van der Waals surface area contributed by atoms with Gasteiger partial charge >= 0.3 is 0 Å². The molecule has 0 spiro atoms. The monoisotopic (exact) mass is 733 g/mol. The van der Waals surface area contributed by atoms with Crippen LogP contribution in [0.15, 0.2) is 192 Å². The van der Waals surface area contributed by atoms with E-state index < -0.39 is 0 Å². The summed E-state index contributed by atoms with van der Waals surface area (Å²) < 4.78 is 8.78. The molecule has 262 valence electrons. The van der Waals surface area contributed by atoms with E-state index in [9.17, 15) is 0 Å². The fourth-order valence-electron chi connectivity index (χ4n) is 7.82. The van der Waals surface area contributed by atoms with Gasteiger partial charge in [-0.1, -0.05) is 158 Å². The van der Waals surface area contributed by atoms with Gasteiger partial charge in [0.25, 0.3) is 0 Å². The van der Waals surface area contributed by atoms with Gasteiger partial charge in [0, 0.05) is 47.6 Å². The van der Waals surface area contributed by atoms with Crippen LogP contribution in [0.25, 0.3) is 110 Å². The van der Waals surface area contributed by atoms with Gasteiger partial charge in [-0.3, -0.25) is 0 Å². The molecule has 0 saturated carbocycles. The Balaban J connectivity index is 0.986. The van der Waals surface area contributed by atoms with Crippen LogP contribution in [0, 0.1) is 0 Å². The van der Waals surface area contributed by atoms with Crippen molar-refractivity contribution in [1.82, 2.24) is 15.0 Å². The van der Waals surface area contributed by atoms with Crippen molar-refractivity contribution in [2.75, 3.05) is 0 Å². The molecular formula is C51H31N3OS. The molecule has 5 heteroatoms. The first kappa shape index (κ1) is 32.2. The molecule has 0 bridgehead atoms. The SMILES string of the molecule is c1ccc(-c2cccc(-c3ccc4sc5c(-c6ccc(-c7nc(-c8ccccc8)nc(-c8cccc9oc%10ccccc%10c89)n7)cc6)cccc5c4c3)c2)cc1. The first-order valence-corrected chi connectivity index (χ1v) is 19.5. The van der Waals surface area contributed by atoms with Crippen molar-refractivity contribution in [2.45, 2.75) is 0 Å². The van der Waals surface area contributed by atoms with Crippen molar-refractivity contribution >= 4 is 53.4 Å². The average molecular weight is 734 g/mol. The largest absolute Gasteiger partial charge is 0.456 e. The van der Waals surface area contributed by atoms with Gasteiger partial charge in [-0.25, -0.2) is 15.0 Å². The van der Waals surface area contributed by atoms with Gasteiger partial charge in [-0.2, -0.15) is 0 Å². The van der Waals surface area contributed by atoms with Gasteiger partial charge in [-0.05, 0) is 63.7 Å². The predicted molar refractivity (Wildman–Crippen MR) is 233 cm³/mol. The van der Waals surface area contributed by atoms with E-state index in [1.807, 2.05) is 72.0 Å². The van der Waals surface area contributed by atoms with E-state index in [-0.39, 0.29) is 0 Å². The Kier molecular flexibility index (Phi) is 7.64. The zero-order valence-corrected chi connectivity index (χ0v) is 30.9. The van der Waals surface area contributed by atoms with Crippen molar-refractivity contribution in [2.24, 2.45) is 0 Å². The molecule has 3 aromatic heterocycles. The van der Waals surface area contributed by atoms with E-state index in [2.05, 4.69) is 127 Å². The first-order valence-electron chi connectivity index (χ1n) is 18.7. The molecule has 0 radical (unpaired) electrons. The number of rotatable bonds is 6. The Hall–Kier alpha value is -7.21. The minimum atomic E-state index is 0.608. The van der Waals surface area contributed by atoms with Crippen molar-refractivity contribution in [3.05, 3.63) is 188 Å². The van der Waals surface area contributed by atoms with Gasteiger partial charge in [0.2, 0.25) is 0 Å². The van der Waals surface area contributed by atoms with Gasteiger partial charge < -0.3 is 4.42 Å². The smallest absolute Gasteiger partial charge is 0.164 e. The second-order valence-electron chi connectivity index (χ2n) is 14.0. The maximum absolute atomic E-state index is 6.22. The van der Waals surface area contributed by atoms with Crippen LogP contribution >= 0.6 is 11.3 Å². The van der Waals surface area contributed by atoms with E-state index in [0.29, 0.717) is 17.5 Å². The average Bonchev–Trinajstić information content (AvgIpc) is 3.85. The van der Waals surface area contributed by atoms with Crippen LogP contribution in [-0.4, -0.2) is 15.0 Å². The summed E-state index contributed by atoms with van der Waals surface area (Å²) >= 11 is 1.85. The van der Waals surface area contributed by atoms with Crippen LogP contribution in [0.3, 0.4) is 0 Å². The molecule has 11 aromatic rings. The Bertz CT molecular complexity index is 3240. The minimum absolute atomic E-state index is 0.608. The standard InChI is InChI=1S/C51H31N3OS/c1-3-12-32(13-4-1)36-16-9-17-37(30-36)38-28-29-46-43(31-38)40-20-10-19-39(48(40)56-46)33-24-26-35(27-25-33)50-52-49(34-14-5-2-6-15-34)53-51(54-50)42-21-11-23-45-47(42)41-18-7-8-22-44(41)55-45/h1-31H. The second kappa shape index (κ2) is 13.3. The summed E-state index contributed by atoms with van der Waals surface area (Å²) in [5.74, 6) is 1.85. The second-order valence-corrected chi connectivity index (χ2v) is 15.0. The lowest BCUT2D eigenvalue weighted by atomic mass is 9.97.